The number of nitro benzene ring substituents is 1. The number of nitro groups is 1. The topological polar surface area (TPSA) is 91.3 Å². The fourth-order valence-corrected chi connectivity index (χ4v) is 2.65. The van der Waals surface area contributed by atoms with E-state index in [2.05, 4.69) is 18.8 Å². The van der Waals surface area contributed by atoms with Gasteiger partial charge in [0.05, 0.1) is 4.92 Å². The zero-order chi connectivity index (χ0) is 15.2. The van der Waals surface area contributed by atoms with Crippen LogP contribution in [0.15, 0.2) is 30.5 Å². The first-order chi connectivity index (χ1) is 9.91. The van der Waals surface area contributed by atoms with E-state index >= 15 is 0 Å². The lowest BCUT2D eigenvalue weighted by atomic mass is 9.65. The predicted molar refractivity (Wildman–Crippen MR) is 79.2 cm³/mol. The van der Waals surface area contributed by atoms with E-state index in [4.69, 9.17) is 10.5 Å². The van der Waals surface area contributed by atoms with Crippen molar-refractivity contribution in [2.24, 2.45) is 11.1 Å². The number of hydrogen-bond donors (Lipinski definition) is 1. The Bertz CT molecular complexity index is 714. The fourth-order valence-electron chi connectivity index (χ4n) is 2.65. The van der Waals surface area contributed by atoms with Gasteiger partial charge in [-0.15, -0.1) is 0 Å². The van der Waals surface area contributed by atoms with E-state index < -0.39 is 4.92 Å². The van der Waals surface area contributed by atoms with Crippen molar-refractivity contribution in [3.63, 3.8) is 0 Å². The molecular formula is C15H17N3O3. The number of hydrogen-bond acceptors (Lipinski definition) is 5. The third-order valence-electron chi connectivity index (χ3n) is 4.43. The molecule has 2 N–H and O–H groups in total. The van der Waals surface area contributed by atoms with Crippen molar-refractivity contribution in [2.75, 3.05) is 0 Å². The lowest BCUT2D eigenvalue weighted by molar-refractivity contribution is -0.383. The molecule has 0 saturated heterocycles. The van der Waals surface area contributed by atoms with Crippen LogP contribution in [0.4, 0.5) is 5.69 Å². The number of aromatic nitrogens is 1. The van der Waals surface area contributed by atoms with E-state index in [0.29, 0.717) is 16.7 Å². The van der Waals surface area contributed by atoms with Gasteiger partial charge in [-0.3, -0.25) is 10.1 Å². The van der Waals surface area contributed by atoms with Crippen LogP contribution in [0, 0.1) is 15.5 Å². The number of benzene rings is 1. The standard InChI is InChI=1S/C15H17N3O3/c1-15(2)12(16)8-13(15)21-11-6-5-10(18(19)20)14-9(11)4-3-7-17-14/h3-7,12-13H,8,16H2,1-2H3. The Kier molecular flexibility index (Phi) is 3.06. The van der Waals surface area contributed by atoms with Crippen molar-refractivity contribution in [1.82, 2.24) is 4.98 Å². The summed E-state index contributed by atoms with van der Waals surface area (Å²) < 4.78 is 6.04. The molecule has 6 nitrogen and oxygen atoms in total. The van der Waals surface area contributed by atoms with E-state index in [9.17, 15) is 10.1 Å². The molecule has 0 amide bonds. The maximum absolute atomic E-state index is 11.1. The van der Waals surface area contributed by atoms with Gasteiger partial charge in [-0.25, -0.2) is 4.98 Å². The van der Waals surface area contributed by atoms with E-state index in [1.54, 1.807) is 24.4 Å². The van der Waals surface area contributed by atoms with Gasteiger partial charge in [0.2, 0.25) is 0 Å². The third kappa shape index (κ3) is 2.12. The summed E-state index contributed by atoms with van der Waals surface area (Å²) in [4.78, 5) is 14.8. The molecule has 0 spiro atoms. The Morgan fingerprint density at radius 3 is 2.81 bits per heavy atom. The van der Waals surface area contributed by atoms with Crippen LogP contribution < -0.4 is 10.5 Å². The number of fused-ring (bicyclic) bond motifs is 1. The zero-order valence-corrected chi connectivity index (χ0v) is 11.9. The second-order valence-electron chi connectivity index (χ2n) is 6.01. The Balaban J connectivity index is 2.01. The maximum Gasteiger partial charge on any atom is 0.295 e. The first-order valence-corrected chi connectivity index (χ1v) is 6.85. The smallest absolute Gasteiger partial charge is 0.295 e. The van der Waals surface area contributed by atoms with Crippen LogP contribution in [0.3, 0.4) is 0 Å². The van der Waals surface area contributed by atoms with E-state index in [1.165, 1.54) is 6.07 Å². The largest absolute Gasteiger partial charge is 0.489 e. The van der Waals surface area contributed by atoms with Crippen LogP contribution >= 0.6 is 0 Å². The lowest BCUT2D eigenvalue weighted by Gasteiger charge is -2.49. The van der Waals surface area contributed by atoms with Crippen molar-refractivity contribution >= 4 is 16.6 Å². The highest BCUT2D eigenvalue weighted by atomic mass is 16.6. The normalized spacial score (nSPS) is 23.6. The van der Waals surface area contributed by atoms with Crippen molar-refractivity contribution in [3.05, 3.63) is 40.6 Å². The van der Waals surface area contributed by atoms with Crippen LogP contribution in [-0.2, 0) is 0 Å². The molecule has 110 valence electrons. The number of ether oxygens (including phenoxy) is 1. The molecule has 1 fully saturated rings. The van der Waals surface area contributed by atoms with E-state index in [-0.39, 0.29) is 23.2 Å². The molecule has 6 heteroatoms. The number of nitrogens with zero attached hydrogens (tertiary/aromatic N) is 2. The van der Waals surface area contributed by atoms with E-state index in [0.717, 1.165) is 6.42 Å². The summed E-state index contributed by atoms with van der Waals surface area (Å²) in [7, 11) is 0. The lowest BCUT2D eigenvalue weighted by Crippen LogP contribution is -2.60. The van der Waals surface area contributed by atoms with Gasteiger partial charge in [0.25, 0.3) is 5.69 Å². The maximum atomic E-state index is 11.1. The Labute approximate surface area is 122 Å². The summed E-state index contributed by atoms with van der Waals surface area (Å²) in [5.74, 6) is 0.619. The highest BCUT2D eigenvalue weighted by molar-refractivity contribution is 5.92. The second kappa shape index (κ2) is 4.66. The minimum absolute atomic E-state index is 0.0114. The molecule has 2 unspecified atom stereocenters. The van der Waals surface area contributed by atoms with Gasteiger partial charge in [-0.2, -0.15) is 0 Å². The van der Waals surface area contributed by atoms with Crippen molar-refractivity contribution in [2.45, 2.75) is 32.4 Å². The number of pyridine rings is 1. The molecule has 1 saturated carbocycles. The van der Waals surface area contributed by atoms with Gasteiger partial charge < -0.3 is 10.5 Å². The average molecular weight is 287 g/mol. The van der Waals surface area contributed by atoms with Crippen LogP contribution in [0.1, 0.15) is 20.3 Å². The SMILES string of the molecule is CC1(C)C(N)CC1Oc1ccc([N+](=O)[O-])c2ncccc12. The third-order valence-corrected chi connectivity index (χ3v) is 4.43. The minimum Gasteiger partial charge on any atom is -0.489 e. The number of rotatable bonds is 3. The molecule has 1 heterocycles. The summed E-state index contributed by atoms with van der Waals surface area (Å²) in [5.41, 5.74) is 6.23. The van der Waals surface area contributed by atoms with Crippen molar-refractivity contribution in [3.8, 4) is 5.75 Å². The monoisotopic (exact) mass is 287 g/mol. The molecule has 0 radical (unpaired) electrons. The average Bonchev–Trinajstić information content (AvgIpc) is 2.46. The van der Waals surface area contributed by atoms with Crippen molar-refractivity contribution < 1.29 is 9.66 Å². The van der Waals surface area contributed by atoms with Gasteiger partial charge in [-0.1, -0.05) is 13.8 Å². The highest BCUT2D eigenvalue weighted by Crippen LogP contribution is 2.43. The van der Waals surface area contributed by atoms with Gasteiger partial charge >= 0.3 is 0 Å². The van der Waals surface area contributed by atoms with Gasteiger partial charge in [0.1, 0.15) is 11.9 Å². The quantitative estimate of drug-likeness (QED) is 0.692. The summed E-state index contributed by atoms with van der Waals surface area (Å²) in [6.07, 6.45) is 2.34. The first kappa shape index (κ1) is 13.8. The number of non-ortho nitro benzene ring substituents is 1. The molecule has 2 aromatic rings. The van der Waals surface area contributed by atoms with Crippen LogP contribution in [0.25, 0.3) is 10.9 Å². The molecular weight excluding hydrogens is 270 g/mol. The van der Waals surface area contributed by atoms with Crippen LogP contribution in [-0.4, -0.2) is 22.1 Å². The predicted octanol–water partition coefficient (Wildman–Crippen LogP) is 2.65. The van der Waals surface area contributed by atoms with E-state index in [1.807, 2.05) is 0 Å². The molecule has 0 aliphatic heterocycles. The zero-order valence-electron chi connectivity index (χ0n) is 11.9. The summed E-state index contributed by atoms with van der Waals surface area (Å²) in [6, 6.07) is 6.73. The van der Waals surface area contributed by atoms with Crippen LogP contribution in [0.5, 0.6) is 5.75 Å². The van der Waals surface area contributed by atoms with Gasteiger partial charge in [-0.05, 0) is 18.2 Å². The van der Waals surface area contributed by atoms with Gasteiger partial charge in [0, 0.05) is 35.5 Å². The second-order valence-corrected chi connectivity index (χ2v) is 6.01. The summed E-state index contributed by atoms with van der Waals surface area (Å²) in [5, 5.41) is 11.7. The molecule has 0 bridgehead atoms. The minimum atomic E-state index is -0.428. The molecule has 1 aliphatic rings. The van der Waals surface area contributed by atoms with Crippen LogP contribution in [0.2, 0.25) is 0 Å². The van der Waals surface area contributed by atoms with Gasteiger partial charge in [0.15, 0.2) is 5.52 Å². The van der Waals surface area contributed by atoms with Crippen molar-refractivity contribution in [1.29, 1.82) is 0 Å². The Morgan fingerprint density at radius 2 is 2.19 bits per heavy atom. The molecule has 2 atom stereocenters. The highest BCUT2D eigenvalue weighted by Gasteiger charge is 2.48. The summed E-state index contributed by atoms with van der Waals surface area (Å²) in [6.45, 7) is 4.13. The fraction of sp³-hybridized carbons (Fsp3) is 0.400. The summed E-state index contributed by atoms with van der Waals surface area (Å²) >= 11 is 0. The molecule has 1 aromatic carbocycles. The molecule has 21 heavy (non-hydrogen) atoms. The molecule has 3 rings (SSSR count). The first-order valence-electron chi connectivity index (χ1n) is 6.85. The Hall–Kier alpha value is -2.21. The molecule has 1 aromatic heterocycles. The molecule has 1 aliphatic carbocycles. The Morgan fingerprint density at radius 1 is 1.43 bits per heavy atom. The number of nitrogens with two attached hydrogens (primary N) is 1.